The standard InChI is InChI=1S/C14H23N3O2/c1-13(2,3)11-8-10(17(4)16-11)12(18)15-9-14(19)6-5-7-14/h8,19H,5-7,9H2,1-4H3,(H,15,18). The van der Waals surface area contributed by atoms with Crippen molar-refractivity contribution in [3.63, 3.8) is 0 Å². The van der Waals surface area contributed by atoms with E-state index in [1.807, 2.05) is 6.07 Å². The Morgan fingerprint density at radius 1 is 1.53 bits per heavy atom. The summed E-state index contributed by atoms with van der Waals surface area (Å²) in [6, 6.07) is 1.82. The molecule has 5 heteroatoms. The van der Waals surface area contributed by atoms with Crippen molar-refractivity contribution in [1.29, 1.82) is 0 Å². The van der Waals surface area contributed by atoms with Gasteiger partial charge in [0.1, 0.15) is 5.69 Å². The first-order chi connectivity index (χ1) is 8.71. The topological polar surface area (TPSA) is 67.2 Å². The quantitative estimate of drug-likeness (QED) is 0.867. The molecule has 2 N–H and O–H groups in total. The Kier molecular flexibility index (Phi) is 3.43. The fourth-order valence-electron chi connectivity index (χ4n) is 2.14. The second kappa shape index (κ2) is 4.63. The lowest BCUT2D eigenvalue weighted by atomic mass is 9.80. The molecule has 0 atom stereocenters. The molecular weight excluding hydrogens is 242 g/mol. The number of hydrogen-bond acceptors (Lipinski definition) is 3. The van der Waals surface area contributed by atoms with Crippen molar-refractivity contribution in [3.8, 4) is 0 Å². The molecule has 0 aliphatic heterocycles. The minimum Gasteiger partial charge on any atom is -0.388 e. The maximum atomic E-state index is 12.1. The number of nitrogens with one attached hydrogen (secondary N) is 1. The summed E-state index contributed by atoms with van der Waals surface area (Å²) in [6.45, 7) is 6.51. The lowest BCUT2D eigenvalue weighted by Gasteiger charge is -2.36. The number of carbonyl (C=O) groups excluding carboxylic acids is 1. The number of rotatable bonds is 3. The Bertz CT molecular complexity index is 481. The normalized spacial score (nSPS) is 17.9. The number of amides is 1. The van der Waals surface area contributed by atoms with Crippen molar-refractivity contribution >= 4 is 5.91 Å². The molecule has 0 bridgehead atoms. The van der Waals surface area contributed by atoms with E-state index in [9.17, 15) is 9.90 Å². The zero-order chi connectivity index (χ0) is 14.3. The Morgan fingerprint density at radius 2 is 2.16 bits per heavy atom. The van der Waals surface area contributed by atoms with Crippen LogP contribution in [-0.4, -0.2) is 32.9 Å². The molecule has 1 saturated carbocycles. The molecule has 1 amide bonds. The van der Waals surface area contributed by atoms with E-state index in [1.165, 1.54) is 0 Å². The van der Waals surface area contributed by atoms with Gasteiger partial charge in [-0.05, 0) is 25.3 Å². The molecule has 1 fully saturated rings. The molecule has 106 valence electrons. The number of aliphatic hydroxyl groups is 1. The van der Waals surface area contributed by atoms with Crippen LogP contribution < -0.4 is 5.32 Å². The maximum absolute atomic E-state index is 12.1. The van der Waals surface area contributed by atoms with Crippen LogP contribution in [0.25, 0.3) is 0 Å². The fraction of sp³-hybridized carbons (Fsp3) is 0.714. The molecule has 19 heavy (non-hydrogen) atoms. The van der Waals surface area contributed by atoms with E-state index in [-0.39, 0.29) is 11.3 Å². The van der Waals surface area contributed by atoms with Gasteiger partial charge in [-0.25, -0.2) is 0 Å². The molecule has 0 spiro atoms. The molecule has 1 aromatic heterocycles. The zero-order valence-corrected chi connectivity index (χ0v) is 12.2. The highest BCUT2D eigenvalue weighted by Gasteiger charge is 2.34. The minimum absolute atomic E-state index is 0.0809. The summed E-state index contributed by atoms with van der Waals surface area (Å²) < 4.78 is 1.60. The van der Waals surface area contributed by atoms with Crippen molar-refractivity contribution < 1.29 is 9.90 Å². The Morgan fingerprint density at radius 3 is 2.58 bits per heavy atom. The van der Waals surface area contributed by atoms with E-state index in [4.69, 9.17) is 0 Å². The smallest absolute Gasteiger partial charge is 0.269 e. The molecule has 2 rings (SSSR count). The van der Waals surface area contributed by atoms with Crippen LogP contribution in [0.5, 0.6) is 0 Å². The first-order valence-corrected chi connectivity index (χ1v) is 6.76. The first-order valence-electron chi connectivity index (χ1n) is 6.76. The lowest BCUT2D eigenvalue weighted by molar-refractivity contribution is -0.0301. The number of hydrogen-bond donors (Lipinski definition) is 2. The Labute approximate surface area is 114 Å². The number of nitrogens with zero attached hydrogens (tertiary/aromatic N) is 2. The average molecular weight is 265 g/mol. The van der Waals surface area contributed by atoms with Gasteiger partial charge in [0.05, 0.1) is 11.3 Å². The van der Waals surface area contributed by atoms with Gasteiger partial charge in [-0.1, -0.05) is 20.8 Å². The highest BCUT2D eigenvalue weighted by molar-refractivity contribution is 5.92. The van der Waals surface area contributed by atoms with Crippen molar-refractivity contribution in [2.45, 2.75) is 51.0 Å². The molecule has 1 aliphatic rings. The van der Waals surface area contributed by atoms with Gasteiger partial charge in [-0.3, -0.25) is 9.48 Å². The summed E-state index contributed by atoms with van der Waals surface area (Å²) >= 11 is 0. The van der Waals surface area contributed by atoms with Crippen molar-refractivity contribution in [1.82, 2.24) is 15.1 Å². The monoisotopic (exact) mass is 265 g/mol. The molecular formula is C14H23N3O2. The summed E-state index contributed by atoms with van der Waals surface area (Å²) in [5, 5.41) is 17.1. The Balaban J connectivity index is 2.05. The lowest BCUT2D eigenvalue weighted by Crippen LogP contribution is -2.48. The third kappa shape index (κ3) is 2.97. The maximum Gasteiger partial charge on any atom is 0.269 e. The molecule has 0 saturated heterocycles. The molecule has 0 radical (unpaired) electrons. The number of aryl methyl sites for hydroxylation is 1. The Hall–Kier alpha value is -1.36. The van der Waals surface area contributed by atoms with E-state index in [1.54, 1.807) is 11.7 Å². The minimum atomic E-state index is -0.693. The van der Waals surface area contributed by atoms with Gasteiger partial charge in [0.2, 0.25) is 0 Å². The molecule has 1 aromatic rings. The van der Waals surface area contributed by atoms with Crippen LogP contribution in [0.3, 0.4) is 0 Å². The van der Waals surface area contributed by atoms with E-state index >= 15 is 0 Å². The van der Waals surface area contributed by atoms with Crippen LogP contribution in [0.15, 0.2) is 6.07 Å². The summed E-state index contributed by atoms with van der Waals surface area (Å²) in [7, 11) is 1.77. The van der Waals surface area contributed by atoms with Crippen molar-refractivity contribution in [2.24, 2.45) is 7.05 Å². The van der Waals surface area contributed by atoms with Crippen LogP contribution in [0, 0.1) is 0 Å². The van der Waals surface area contributed by atoms with Gasteiger partial charge in [-0.15, -0.1) is 0 Å². The summed E-state index contributed by atoms with van der Waals surface area (Å²) in [5.74, 6) is -0.175. The first kappa shape index (κ1) is 14.1. The molecule has 1 heterocycles. The van der Waals surface area contributed by atoms with Gasteiger partial charge >= 0.3 is 0 Å². The third-order valence-electron chi connectivity index (χ3n) is 3.74. The summed E-state index contributed by atoms with van der Waals surface area (Å²) in [6.07, 6.45) is 2.57. The molecule has 1 aliphatic carbocycles. The SMILES string of the molecule is Cn1nc(C(C)(C)C)cc1C(=O)NCC1(O)CCC1. The van der Waals surface area contributed by atoms with E-state index in [0.29, 0.717) is 12.2 Å². The van der Waals surface area contributed by atoms with Crippen molar-refractivity contribution in [3.05, 3.63) is 17.5 Å². The second-order valence-electron chi connectivity index (χ2n) is 6.55. The second-order valence-corrected chi connectivity index (χ2v) is 6.55. The van der Waals surface area contributed by atoms with Crippen molar-refractivity contribution in [2.75, 3.05) is 6.54 Å². The van der Waals surface area contributed by atoms with Crippen LogP contribution in [0.4, 0.5) is 0 Å². The van der Waals surface area contributed by atoms with Crippen LogP contribution in [-0.2, 0) is 12.5 Å². The number of aromatic nitrogens is 2. The fourth-order valence-corrected chi connectivity index (χ4v) is 2.14. The van der Waals surface area contributed by atoms with Crippen LogP contribution in [0.2, 0.25) is 0 Å². The van der Waals surface area contributed by atoms with Gasteiger partial charge in [0.25, 0.3) is 5.91 Å². The van der Waals surface area contributed by atoms with Gasteiger partial charge in [0, 0.05) is 19.0 Å². The van der Waals surface area contributed by atoms with Crippen LogP contribution >= 0.6 is 0 Å². The zero-order valence-electron chi connectivity index (χ0n) is 12.2. The van der Waals surface area contributed by atoms with E-state index in [0.717, 1.165) is 25.0 Å². The van der Waals surface area contributed by atoms with Gasteiger partial charge in [-0.2, -0.15) is 5.10 Å². The molecule has 0 aromatic carbocycles. The highest BCUT2D eigenvalue weighted by Crippen LogP contribution is 2.30. The molecule has 5 nitrogen and oxygen atoms in total. The van der Waals surface area contributed by atoms with E-state index < -0.39 is 5.60 Å². The summed E-state index contributed by atoms with van der Waals surface area (Å²) in [5.41, 5.74) is 0.652. The molecule has 0 unspecified atom stereocenters. The average Bonchev–Trinajstić information content (AvgIpc) is 2.65. The summed E-state index contributed by atoms with van der Waals surface area (Å²) in [4.78, 5) is 12.1. The third-order valence-corrected chi connectivity index (χ3v) is 3.74. The highest BCUT2D eigenvalue weighted by atomic mass is 16.3. The van der Waals surface area contributed by atoms with Gasteiger partial charge < -0.3 is 10.4 Å². The van der Waals surface area contributed by atoms with Gasteiger partial charge in [0.15, 0.2) is 0 Å². The predicted molar refractivity (Wildman–Crippen MR) is 73.0 cm³/mol. The largest absolute Gasteiger partial charge is 0.388 e. The number of carbonyl (C=O) groups is 1. The predicted octanol–water partition coefficient (Wildman–Crippen LogP) is 1.36. The van der Waals surface area contributed by atoms with E-state index in [2.05, 4.69) is 31.2 Å². The van der Waals surface area contributed by atoms with Crippen LogP contribution in [0.1, 0.15) is 56.2 Å².